The van der Waals surface area contributed by atoms with Crippen LogP contribution in [0, 0.1) is 0 Å². The van der Waals surface area contributed by atoms with Crippen molar-refractivity contribution in [3.05, 3.63) is 59.0 Å². The second kappa shape index (κ2) is 10.6. The summed E-state index contributed by atoms with van der Waals surface area (Å²) in [6.45, 7) is 1.57. The lowest BCUT2D eigenvalue weighted by Crippen LogP contribution is -2.35. The Bertz CT molecular complexity index is 1110. The quantitative estimate of drug-likeness (QED) is 0.349. The standard InChI is InChI=1S/C22H23N3O5S/c1-14(17-13-31-20-6-4-3-5-16(17)20)24-25-21(27)12-23-22(28)15-7-8-18(30-10-9-26)19(11-15)29-2/h3-8,11,13,26H,9-10,12H2,1-2H3,(H,23,28)(H,25,27)/b24-14+. The van der Waals surface area contributed by atoms with Crippen molar-refractivity contribution < 1.29 is 24.2 Å². The summed E-state index contributed by atoms with van der Waals surface area (Å²) in [4.78, 5) is 24.5. The van der Waals surface area contributed by atoms with Crippen molar-refractivity contribution in [2.24, 2.45) is 5.10 Å². The van der Waals surface area contributed by atoms with Gasteiger partial charge < -0.3 is 19.9 Å². The van der Waals surface area contributed by atoms with Gasteiger partial charge in [-0.05, 0) is 31.2 Å². The maximum atomic E-state index is 12.4. The Kier molecular flexibility index (Phi) is 7.58. The van der Waals surface area contributed by atoms with Crippen molar-refractivity contribution in [3.8, 4) is 11.5 Å². The summed E-state index contributed by atoms with van der Waals surface area (Å²) in [7, 11) is 1.45. The van der Waals surface area contributed by atoms with E-state index in [9.17, 15) is 9.59 Å². The Morgan fingerprint density at radius 1 is 1.16 bits per heavy atom. The maximum Gasteiger partial charge on any atom is 0.259 e. The molecule has 0 aliphatic rings. The highest BCUT2D eigenvalue weighted by molar-refractivity contribution is 7.17. The zero-order valence-corrected chi connectivity index (χ0v) is 18.0. The van der Waals surface area contributed by atoms with Crippen LogP contribution in [0.15, 0.2) is 52.9 Å². The van der Waals surface area contributed by atoms with E-state index < -0.39 is 11.8 Å². The van der Waals surface area contributed by atoms with Gasteiger partial charge in [0, 0.05) is 26.6 Å². The van der Waals surface area contributed by atoms with Gasteiger partial charge in [0.05, 0.1) is 26.0 Å². The number of carbonyl (C=O) groups excluding carboxylic acids is 2. The zero-order chi connectivity index (χ0) is 22.2. The summed E-state index contributed by atoms with van der Waals surface area (Å²) in [5.74, 6) is -0.112. The molecule has 0 atom stereocenters. The molecule has 0 aliphatic carbocycles. The molecule has 1 aromatic heterocycles. The predicted octanol–water partition coefficient (Wildman–Crippen LogP) is 2.55. The van der Waals surface area contributed by atoms with Crippen molar-refractivity contribution >= 4 is 38.9 Å². The van der Waals surface area contributed by atoms with E-state index in [1.54, 1.807) is 23.5 Å². The fourth-order valence-electron chi connectivity index (χ4n) is 2.85. The third-order valence-electron chi connectivity index (χ3n) is 4.40. The molecule has 0 saturated heterocycles. The number of aliphatic hydroxyl groups is 1. The van der Waals surface area contributed by atoms with Crippen LogP contribution in [0.3, 0.4) is 0 Å². The molecule has 31 heavy (non-hydrogen) atoms. The van der Waals surface area contributed by atoms with Gasteiger partial charge in [0.1, 0.15) is 6.61 Å². The highest BCUT2D eigenvalue weighted by atomic mass is 32.1. The number of thiophene rings is 1. The Hall–Kier alpha value is -3.43. The molecule has 0 spiro atoms. The van der Waals surface area contributed by atoms with Crippen LogP contribution in [0.5, 0.6) is 11.5 Å². The van der Waals surface area contributed by atoms with Crippen LogP contribution in [0.4, 0.5) is 0 Å². The fraction of sp³-hybridized carbons (Fsp3) is 0.227. The summed E-state index contributed by atoms with van der Waals surface area (Å²) in [5, 5.41) is 18.6. The monoisotopic (exact) mass is 441 g/mol. The average Bonchev–Trinajstić information content (AvgIpc) is 3.23. The van der Waals surface area contributed by atoms with Crippen LogP contribution >= 0.6 is 11.3 Å². The molecule has 3 N–H and O–H groups in total. The lowest BCUT2D eigenvalue weighted by atomic mass is 10.1. The SMILES string of the molecule is COc1cc(C(=O)NCC(=O)N/N=C(\C)c2csc3ccccc23)ccc1OCCO. The molecular formula is C22H23N3O5S. The van der Waals surface area contributed by atoms with E-state index in [-0.39, 0.29) is 19.8 Å². The van der Waals surface area contributed by atoms with Crippen molar-refractivity contribution in [1.29, 1.82) is 0 Å². The summed E-state index contributed by atoms with van der Waals surface area (Å²) in [6.07, 6.45) is 0. The van der Waals surface area contributed by atoms with Gasteiger partial charge in [-0.15, -0.1) is 11.3 Å². The molecular weight excluding hydrogens is 418 g/mol. The average molecular weight is 442 g/mol. The van der Waals surface area contributed by atoms with Gasteiger partial charge in [0.15, 0.2) is 11.5 Å². The summed E-state index contributed by atoms with van der Waals surface area (Å²) in [6, 6.07) is 12.6. The van der Waals surface area contributed by atoms with Crippen LogP contribution < -0.4 is 20.2 Å². The topological polar surface area (TPSA) is 109 Å². The van der Waals surface area contributed by atoms with E-state index in [1.165, 1.54) is 13.2 Å². The fourth-order valence-corrected chi connectivity index (χ4v) is 3.85. The number of hydrogen-bond acceptors (Lipinski definition) is 7. The molecule has 162 valence electrons. The largest absolute Gasteiger partial charge is 0.493 e. The van der Waals surface area contributed by atoms with Gasteiger partial charge in [-0.2, -0.15) is 5.10 Å². The smallest absolute Gasteiger partial charge is 0.259 e. The van der Waals surface area contributed by atoms with E-state index in [0.717, 1.165) is 15.6 Å². The van der Waals surface area contributed by atoms with Crippen LogP contribution in [0.25, 0.3) is 10.1 Å². The van der Waals surface area contributed by atoms with E-state index in [4.69, 9.17) is 14.6 Å². The van der Waals surface area contributed by atoms with E-state index in [0.29, 0.717) is 22.8 Å². The molecule has 2 amide bonds. The van der Waals surface area contributed by atoms with Gasteiger partial charge >= 0.3 is 0 Å². The van der Waals surface area contributed by atoms with Crippen molar-refractivity contribution in [3.63, 3.8) is 0 Å². The number of benzene rings is 2. The van der Waals surface area contributed by atoms with E-state index in [2.05, 4.69) is 15.8 Å². The third-order valence-corrected chi connectivity index (χ3v) is 5.37. The lowest BCUT2D eigenvalue weighted by molar-refractivity contribution is -0.120. The molecule has 1 heterocycles. The van der Waals surface area contributed by atoms with Crippen LogP contribution in [-0.2, 0) is 4.79 Å². The molecule has 8 nitrogen and oxygen atoms in total. The second-order valence-corrected chi connectivity index (χ2v) is 7.41. The Labute approximate surface area is 183 Å². The summed E-state index contributed by atoms with van der Waals surface area (Å²) < 4.78 is 11.7. The number of hydrogen-bond donors (Lipinski definition) is 3. The minimum atomic E-state index is -0.443. The first kappa shape index (κ1) is 22.3. The van der Waals surface area contributed by atoms with Crippen LogP contribution in [0.2, 0.25) is 0 Å². The molecule has 3 rings (SSSR count). The number of methoxy groups -OCH3 is 1. The molecule has 0 radical (unpaired) electrons. The number of ether oxygens (including phenoxy) is 2. The Morgan fingerprint density at radius 3 is 2.74 bits per heavy atom. The third kappa shape index (κ3) is 5.59. The molecule has 0 unspecified atom stereocenters. The van der Waals surface area contributed by atoms with Crippen molar-refractivity contribution in [2.45, 2.75) is 6.92 Å². The van der Waals surface area contributed by atoms with Gasteiger partial charge in [0.25, 0.3) is 11.8 Å². The number of amides is 2. The van der Waals surface area contributed by atoms with Gasteiger partial charge in [-0.1, -0.05) is 18.2 Å². The van der Waals surface area contributed by atoms with Crippen molar-refractivity contribution in [2.75, 3.05) is 26.9 Å². The first-order chi connectivity index (χ1) is 15.0. The molecule has 2 aromatic carbocycles. The Balaban J connectivity index is 1.56. The highest BCUT2D eigenvalue weighted by Gasteiger charge is 2.13. The zero-order valence-electron chi connectivity index (χ0n) is 17.2. The van der Waals surface area contributed by atoms with Crippen LogP contribution in [0.1, 0.15) is 22.8 Å². The predicted molar refractivity (Wildman–Crippen MR) is 120 cm³/mol. The van der Waals surface area contributed by atoms with Crippen molar-refractivity contribution in [1.82, 2.24) is 10.7 Å². The summed E-state index contributed by atoms with van der Waals surface area (Å²) >= 11 is 1.61. The summed E-state index contributed by atoms with van der Waals surface area (Å²) in [5.41, 5.74) is 4.42. The van der Waals surface area contributed by atoms with Gasteiger partial charge in [-0.25, -0.2) is 5.43 Å². The number of carbonyl (C=O) groups is 2. The molecule has 0 saturated carbocycles. The number of aliphatic hydroxyl groups excluding tert-OH is 1. The number of rotatable bonds is 9. The maximum absolute atomic E-state index is 12.4. The lowest BCUT2D eigenvalue weighted by Gasteiger charge is -2.11. The van der Waals surface area contributed by atoms with Crippen LogP contribution in [-0.4, -0.2) is 49.5 Å². The minimum Gasteiger partial charge on any atom is -0.493 e. The normalized spacial score (nSPS) is 11.3. The molecule has 0 bridgehead atoms. The number of nitrogens with zero attached hydrogens (tertiary/aromatic N) is 1. The van der Waals surface area contributed by atoms with Gasteiger partial charge in [0.2, 0.25) is 0 Å². The first-order valence-electron chi connectivity index (χ1n) is 9.53. The van der Waals surface area contributed by atoms with E-state index in [1.807, 2.05) is 36.6 Å². The number of fused-ring (bicyclic) bond motifs is 1. The first-order valence-corrected chi connectivity index (χ1v) is 10.4. The van der Waals surface area contributed by atoms with E-state index >= 15 is 0 Å². The molecule has 0 fully saturated rings. The number of nitrogens with one attached hydrogen (secondary N) is 2. The molecule has 0 aliphatic heterocycles. The highest BCUT2D eigenvalue weighted by Crippen LogP contribution is 2.28. The Morgan fingerprint density at radius 2 is 1.97 bits per heavy atom. The van der Waals surface area contributed by atoms with Gasteiger partial charge in [-0.3, -0.25) is 9.59 Å². The second-order valence-electron chi connectivity index (χ2n) is 6.50. The molecule has 3 aromatic rings. The number of hydrazone groups is 1. The molecule has 9 heteroatoms. The minimum absolute atomic E-state index is 0.114.